The third-order valence-electron chi connectivity index (χ3n) is 8.38. The van der Waals surface area contributed by atoms with Crippen LogP contribution in [0.1, 0.15) is 0 Å². The minimum atomic E-state index is 0.566. The summed E-state index contributed by atoms with van der Waals surface area (Å²) in [5.41, 5.74) is 9.26. The second-order valence-electron chi connectivity index (χ2n) is 10.9. The van der Waals surface area contributed by atoms with Gasteiger partial charge >= 0.3 is 0 Å². The molecule has 9 aromatic rings. The van der Waals surface area contributed by atoms with Gasteiger partial charge in [-0.2, -0.15) is 4.98 Å². The lowest BCUT2D eigenvalue weighted by molar-refractivity contribution is 0.664. The smallest absolute Gasteiger partial charge is 0.238 e. The molecule has 0 fully saturated rings. The van der Waals surface area contributed by atoms with E-state index in [2.05, 4.69) is 118 Å². The normalized spacial score (nSPS) is 11.6. The predicted molar refractivity (Wildman–Crippen MR) is 178 cm³/mol. The summed E-state index contributed by atoms with van der Waals surface area (Å²) in [6, 6.07) is 48.2. The van der Waals surface area contributed by atoms with Gasteiger partial charge in [-0.15, -0.1) is 0 Å². The quantitative estimate of drug-likeness (QED) is 0.213. The van der Waals surface area contributed by atoms with Gasteiger partial charge in [0.1, 0.15) is 17.5 Å². The number of fused-ring (bicyclic) bond motifs is 2. The van der Waals surface area contributed by atoms with Crippen molar-refractivity contribution in [2.75, 3.05) is 0 Å². The van der Waals surface area contributed by atoms with Crippen molar-refractivity contribution in [1.29, 1.82) is 0 Å². The zero-order valence-corrected chi connectivity index (χ0v) is 23.6. The van der Waals surface area contributed by atoms with Crippen molar-refractivity contribution in [3.8, 4) is 39.6 Å². The molecule has 0 unspecified atom stereocenters. The van der Waals surface area contributed by atoms with E-state index < -0.39 is 0 Å². The van der Waals surface area contributed by atoms with Crippen LogP contribution in [0.25, 0.3) is 83.3 Å². The fourth-order valence-electron chi connectivity index (χ4n) is 6.36. The second kappa shape index (κ2) is 9.75. The lowest BCUT2D eigenvalue weighted by Crippen LogP contribution is -2.03. The molecule has 0 radical (unpaired) electrons. The van der Waals surface area contributed by atoms with Crippen LogP contribution in [-0.2, 0) is 0 Å². The minimum Gasteiger partial charge on any atom is -0.456 e. The van der Waals surface area contributed by atoms with Gasteiger partial charge in [0.25, 0.3) is 0 Å². The van der Waals surface area contributed by atoms with E-state index >= 15 is 0 Å². The fraction of sp³-hybridized carbons (Fsp3) is 0. The third-order valence-corrected chi connectivity index (χ3v) is 8.38. The Balaban J connectivity index is 1.18. The first kappa shape index (κ1) is 24.5. The molecule has 5 heteroatoms. The maximum absolute atomic E-state index is 6.48. The predicted octanol–water partition coefficient (Wildman–Crippen LogP) is 9.87. The molecule has 206 valence electrons. The SMILES string of the molecule is c1ccc(-c2ccc(-c3cccc(-c4ncnc(-n5c6cccc7oc8ccccc8c8cccc5c8c76)n4)c3)cc2)cc1. The van der Waals surface area contributed by atoms with Gasteiger partial charge in [0.05, 0.1) is 16.4 Å². The van der Waals surface area contributed by atoms with Crippen molar-refractivity contribution in [2.24, 2.45) is 0 Å². The van der Waals surface area contributed by atoms with Gasteiger partial charge in [0, 0.05) is 16.3 Å². The Bertz CT molecular complexity index is 2490. The summed E-state index contributed by atoms with van der Waals surface area (Å²) in [4.78, 5) is 14.3. The molecule has 0 spiro atoms. The van der Waals surface area contributed by atoms with Crippen LogP contribution in [-0.4, -0.2) is 19.5 Å². The van der Waals surface area contributed by atoms with Gasteiger partial charge in [-0.05, 0) is 58.0 Å². The van der Waals surface area contributed by atoms with Crippen LogP contribution >= 0.6 is 0 Å². The van der Waals surface area contributed by atoms with Gasteiger partial charge in [-0.3, -0.25) is 4.57 Å². The van der Waals surface area contributed by atoms with E-state index in [9.17, 15) is 0 Å². The van der Waals surface area contributed by atoms with E-state index in [4.69, 9.17) is 9.40 Å². The number of rotatable bonds is 4. The van der Waals surface area contributed by atoms with Crippen LogP contribution in [0.2, 0.25) is 0 Å². The zero-order chi connectivity index (χ0) is 29.0. The monoisotopic (exact) mass is 564 g/mol. The first-order valence-electron chi connectivity index (χ1n) is 14.6. The number of aromatic nitrogens is 4. The van der Waals surface area contributed by atoms with E-state index in [0.717, 1.165) is 60.4 Å². The lowest BCUT2D eigenvalue weighted by Gasteiger charge is -2.09. The van der Waals surface area contributed by atoms with Crippen molar-refractivity contribution < 1.29 is 4.42 Å². The summed E-state index contributed by atoms with van der Waals surface area (Å²) >= 11 is 0. The molecule has 3 heterocycles. The molecule has 5 nitrogen and oxygen atoms in total. The minimum absolute atomic E-state index is 0.566. The summed E-state index contributed by atoms with van der Waals surface area (Å²) in [7, 11) is 0. The second-order valence-corrected chi connectivity index (χ2v) is 10.9. The largest absolute Gasteiger partial charge is 0.456 e. The van der Waals surface area contributed by atoms with Gasteiger partial charge in [-0.1, -0.05) is 109 Å². The maximum atomic E-state index is 6.48. The molecule has 0 aliphatic rings. The molecule has 0 N–H and O–H groups in total. The average molecular weight is 565 g/mol. The van der Waals surface area contributed by atoms with Crippen molar-refractivity contribution in [3.05, 3.63) is 146 Å². The molecule has 3 aromatic heterocycles. The van der Waals surface area contributed by atoms with Crippen LogP contribution in [0.15, 0.2) is 150 Å². The van der Waals surface area contributed by atoms with Crippen LogP contribution in [0.4, 0.5) is 0 Å². The number of para-hydroxylation sites is 1. The molecular formula is C39H24N4O. The van der Waals surface area contributed by atoms with Crippen LogP contribution in [0.5, 0.6) is 0 Å². The van der Waals surface area contributed by atoms with Gasteiger partial charge in [0.2, 0.25) is 5.95 Å². The van der Waals surface area contributed by atoms with Crippen LogP contribution < -0.4 is 0 Å². The van der Waals surface area contributed by atoms with Crippen LogP contribution in [0, 0.1) is 0 Å². The third kappa shape index (κ3) is 3.83. The summed E-state index contributed by atoms with van der Waals surface area (Å²) in [6.07, 6.45) is 1.60. The number of benzene rings is 6. The highest BCUT2D eigenvalue weighted by molar-refractivity contribution is 6.26. The van der Waals surface area contributed by atoms with Crippen molar-refractivity contribution in [3.63, 3.8) is 0 Å². The summed E-state index contributed by atoms with van der Waals surface area (Å²) < 4.78 is 8.60. The van der Waals surface area contributed by atoms with E-state index in [1.54, 1.807) is 6.33 Å². The summed E-state index contributed by atoms with van der Waals surface area (Å²) in [6.45, 7) is 0. The molecule has 9 rings (SSSR count). The lowest BCUT2D eigenvalue weighted by atomic mass is 9.99. The van der Waals surface area contributed by atoms with E-state index in [-0.39, 0.29) is 0 Å². The highest BCUT2D eigenvalue weighted by Crippen LogP contribution is 2.40. The number of nitrogens with zero attached hydrogens (tertiary/aromatic N) is 4. The van der Waals surface area contributed by atoms with Crippen molar-refractivity contribution in [1.82, 2.24) is 19.5 Å². The average Bonchev–Trinajstić information content (AvgIpc) is 3.36. The Kier molecular flexibility index (Phi) is 5.43. The first-order chi connectivity index (χ1) is 21.8. The Hall–Kier alpha value is -6.07. The maximum Gasteiger partial charge on any atom is 0.238 e. The van der Waals surface area contributed by atoms with Gasteiger partial charge < -0.3 is 4.42 Å². The molecule has 0 atom stereocenters. The molecule has 0 amide bonds. The van der Waals surface area contributed by atoms with Crippen molar-refractivity contribution in [2.45, 2.75) is 0 Å². The topological polar surface area (TPSA) is 56.7 Å². The standard InChI is InChI=1S/C39H24N4O/c1-2-9-25(10-3-1)26-19-21-27(22-20-26)28-11-6-12-29(23-28)38-40-24-41-39(42-38)43-32-15-7-14-31-30-13-4-5-17-34(30)44-35-18-8-16-33(43)37(35)36(31)32/h1-24H. The van der Waals surface area contributed by atoms with Gasteiger partial charge in [-0.25, -0.2) is 9.97 Å². The molecule has 44 heavy (non-hydrogen) atoms. The molecular weight excluding hydrogens is 540 g/mol. The highest BCUT2D eigenvalue weighted by atomic mass is 16.3. The van der Waals surface area contributed by atoms with E-state index in [1.165, 1.54) is 11.1 Å². The Morgan fingerprint density at radius 2 is 1.07 bits per heavy atom. The Labute approximate surface area is 252 Å². The van der Waals surface area contributed by atoms with Crippen molar-refractivity contribution >= 4 is 43.7 Å². The molecule has 0 bridgehead atoms. The van der Waals surface area contributed by atoms with Gasteiger partial charge in [0.15, 0.2) is 5.82 Å². The highest BCUT2D eigenvalue weighted by Gasteiger charge is 2.20. The molecule has 0 saturated heterocycles. The molecule has 0 aliphatic heterocycles. The van der Waals surface area contributed by atoms with E-state index in [0.29, 0.717) is 11.8 Å². The Morgan fingerprint density at radius 3 is 1.93 bits per heavy atom. The fourth-order valence-corrected chi connectivity index (χ4v) is 6.36. The summed E-state index contributed by atoms with van der Waals surface area (Å²) in [5.74, 6) is 1.18. The van der Waals surface area contributed by atoms with Crippen LogP contribution in [0.3, 0.4) is 0 Å². The molecule has 0 aliphatic carbocycles. The van der Waals surface area contributed by atoms with E-state index in [1.807, 2.05) is 36.4 Å². The Morgan fingerprint density at radius 1 is 0.455 bits per heavy atom. The number of hydrogen-bond donors (Lipinski definition) is 0. The zero-order valence-electron chi connectivity index (χ0n) is 23.6. The molecule has 0 saturated carbocycles. The molecule has 6 aromatic carbocycles. The first-order valence-corrected chi connectivity index (χ1v) is 14.6. The number of hydrogen-bond acceptors (Lipinski definition) is 4. The summed E-state index contributed by atoms with van der Waals surface area (Å²) in [5, 5.41) is 4.38.